The maximum absolute atomic E-state index is 11.8. The Bertz CT molecular complexity index is 406. The van der Waals surface area contributed by atoms with E-state index in [1.807, 2.05) is 30.3 Å². The first-order valence-electron chi connectivity index (χ1n) is 5.67. The molecule has 5 nitrogen and oxygen atoms in total. The van der Waals surface area contributed by atoms with E-state index in [2.05, 4.69) is 5.32 Å². The summed E-state index contributed by atoms with van der Waals surface area (Å²) in [5.41, 5.74) is 0.894. The van der Waals surface area contributed by atoms with E-state index < -0.39 is 0 Å². The Morgan fingerprint density at radius 3 is 2.44 bits per heavy atom. The number of benzene rings is 1. The van der Waals surface area contributed by atoms with Crippen LogP contribution in [-0.2, 0) is 14.4 Å². The van der Waals surface area contributed by atoms with Crippen molar-refractivity contribution >= 4 is 11.8 Å². The van der Waals surface area contributed by atoms with Gasteiger partial charge < -0.3 is 5.32 Å². The third-order valence-electron chi connectivity index (χ3n) is 2.58. The zero-order chi connectivity index (χ0) is 13.5. The summed E-state index contributed by atoms with van der Waals surface area (Å²) < 4.78 is 0. The van der Waals surface area contributed by atoms with Gasteiger partial charge in [-0.25, -0.2) is 5.06 Å². The quantitative estimate of drug-likeness (QED) is 0.801. The van der Waals surface area contributed by atoms with Gasteiger partial charge in [-0.15, -0.1) is 0 Å². The molecular weight excluding hydrogens is 232 g/mol. The molecule has 1 aromatic carbocycles. The highest BCUT2D eigenvalue weighted by atomic mass is 16.7. The van der Waals surface area contributed by atoms with Gasteiger partial charge in [-0.2, -0.15) is 0 Å². The maximum Gasteiger partial charge on any atom is 0.248 e. The molecule has 0 aliphatic rings. The molecule has 0 fully saturated rings. The van der Waals surface area contributed by atoms with Crippen molar-refractivity contribution in [2.45, 2.75) is 19.4 Å². The van der Waals surface area contributed by atoms with Gasteiger partial charge in [0.2, 0.25) is 11.8 Å². The van der Waals surface area contributed by atoms with Gasteiger partial charge in [0, 0.05) is 14.0 Å². The second-order valence-electron chi connectivity index (χ2n) is 3.94. The van der Waals surface area contributed by atoms with Gasteiger partial charge >= 0.3 is 0 Å². The lowest BCUT2D eigenvalue weighted by atomic mass is 10.0. The Kier molecular flexibility index (Phi) is 5.32. The minimum absolute atomic E-state index is 0.161. The standard InChI is InChI=1S/C13H18N2O3/c1-10(16)14-12(9-13(17)15(2)18-3)11-7-5-4-6-8-11/h4-8,12H,9H2,1-3H3,(H,14,16)/t12-/m0/s1. The van der Waals surface area contributed by atoms with Crippen LogP contribution in [0, 0.1) is 0 Å². The normalized spacial score (nSPS) is 11.7. The Hall–Kier alpha value is -1.88. The van der Waals surface area contributed by atoms with E-state index in [0.29, 0.717) is 0 Å². The van der Waals surface area contributed by atoms with Crippen LogP contribution >= 0.6 is 0 Å². The van der Waals surface area contributed by atoms with Gasteiger partial charge in [-0.3, -0.25) is 14.4 Å². The van der Waals surface area contributed by atoms with Crippen molar-refractivity contribution in [3.05, 3.63) is 35.9 Å². The minimum Gasteiger partial charge on any atom is -0.349 e. The van der Waals surface area contributed by atoms with E-state index in [9.17, 15) is 9.59 Å². The summed E-state index contributed by atoms with van der Waals surface area (Å²) in [7, 11) is 2.96. The second kappa shape index (κ2) is 6.76. The molecule has 2 amide bonds. The van der Waals surface area contributed by atoms with E-state index in [1.54, 1.807) is 0 Å². The first-order chi connectivity index (χ1) is 8.54. The van der Waals surface area contributed by atoms with E-state index >= 15 is 0 Å². The van der Waals surface area contributed by atoms with Gasteiger partial charge in [0.15, 0.2) is 0 Å². The lowest BCUT2D eigenvalue weighted by Crippen LogP contribution is -2.33. The van der Waals surface area contributed by atoms with E-state index in [1.165, 1.54) is 21.1 Å². The predicted octanol–water partition coefficient (Wildman–Crippen LogP) is 1.27. The number of rotatable bonds is 5. The zero-order valence-corrected chi connectivity index (χ0v) is 10.8. The lowest BCUT2D eigenvalue weighted by Gasteiger charge is -2.20. The number of nitrogens with one attached hydrogen (secondary N) is 1. The van der Waals surface area contributed by atoms with Crippen molar-refractivity contribution in [1.82, 2.24) is 10.4 Å². The summed E-state index contributed by atoms with van der Waals surface area (Å²) in [4.78, 5) is 27.8. The van der Waals surface area contributed by atoms with Crippen LogP contribution in [0.5, 0.6) is 0 Å². The van der Waals surface area contributed by atoms with E-state index in [-0.39, 0.29) is 24.3 Å². The van der Waals surface area contributed by atoms with Gasteiger partial charge in [-0.05, 0) is 5.56 Å². The smallest absolute Gasteiger partial charge is 0.248 e. The molecule has 1 N–H and O–H groups in total. The van der Waals surface area contributed by atoms with Crippen LogP contribution in [0.3, 0.4) is 0 Å². The molecule has 5 heteroatoms. The number of hydroxylamine groups is 2. The summed E-state index contributed by atoms with van der Waals surface area (Å²) >= 11 is 0. The van der Waals surface area contributed by atoms with Gasteiger partial charge in [-0.1, -0.05) is 30.3 Å². The van der Waals surface area contributed by atoms with Crippen molar-refractivity contribution in [2.24, 2.45) is 0 Å². The molecule has 1 rings (SSSR count). The number of carbonyl (C=O) groups excluding carboxylic acids is 2. The molecule has 18 heavy (non-hydrogen) atoms. The topological polar surface area (TPSA) is 58.6 Å². The Morgan fingerprint density at radius 1 is 1.33 bits per heavy atom. The fourth-order valence-electron chi connectivity index (χ4n) is 1.59. The predicted molar refractivity (Wildman–Crippen MR) is 67.4 cm³/mol. The third kappa shape index (κ3) is 4.18. The molecule has 0 aliphatic heterocycles. The molecule has 98 valence electrons. The summed E-state index contributed by atoms with van der Waals surface area (Å²) in [6, 6.07) is 9.04. The number of amides is 2. The van der Waals surface area contributed by atoms with Crippen LogP contribution in [0.15, 0.2) is 30.3 Å². The molecule has 0 unspecified atom stereocenters. The van der Waals surface area contributed by atoms with Gasteiger partial charge in [0.05, 0.1) is 19.6 Å². The van der Waals surface area contributed by atoms with Crippen LogP contribution in [0.4, 0.5) is 0 Å². The molecule has 0 bridgehead atoms. The number of hydrogen-bond acceptors (Lipinski definition) is 3. The van der Waals surface area contributed by atoms with E-state index in [0.717, 1.165) is 10.6 Å². The zero-order valence-electron chi connectivity index (χ0n) is 10.8. The fourth-order valence-corrected chi connectivity index (χ4v) is 1.59. The average molecular weight is 250 g/mol. The molecule has 0 radical (unpaired) electrons. The van der Waals surface area contributed by atoms with Crippen LogP contribution in [0.25, 0.3) is 0 Å². The lowest BCUT2D eigenvalue weighted by molar-refractivity contribution is -0.169. The molecule has 0 aliphatic carbocycles. The SMILES string of the molecule is CON(C)C(=O)C[C@H](NC(C)=O)c1ccccc1. The average Bonchev–Trinajstić information content (AvgIpc) is 2.37. The molecule has 0 saturated carbocycles. The Balaban J connectivity index is 2.80. The van der Waals surface area contributed by atoms with Crippen molar-refractivity contribution < 1.29 is 14.4 Å². The van der Waals surface area contributed by atoms with Crippen molar-refractivity contribution in [1.29, 1.82) is 0 Å². The highest BCUT2D eigenvalue weighted by Crippen LogP contribution is 2.17. The maximum atomic E-state index is 11.8. The second-order valence-corrected chi connectivity index (χ2v) is 3.94. The van der Waals surface area contributed by atoms with Crippen LogP contribution < -0.4 is 5.32 Å². The first kappa shape index (κ1) is 14.2. The Morgan fingerprint density at radius 2 is 1.94 bits per heavy atom. The summed E-state index contributed by atoms with van der Waals surface area (Å²) in [6.45, 7) is 1.43. The number of carbonyl (C=O) groups is 2. The summed E-state index contributed by atoms with van der Waals surface area (Å²) in [6.07, 6.45) is 0.161. The number of nitrogens with zero attached hydrogens (tertiary/aromatic N) is 1. The van der Waals surface area contributed by atoms with E-state index in [4.69, 9.17) is 4.84 Å². The monoisotopic (exact) mass is 250 g/mol. The van der Waals surface area contributed by atoms with Crippen LogP contribution in [-0.4, -0.2) is 31.0 Å². The van der Waals surface area contributed by atoms with Gasteiger partial charge in [0.1, 0.15) is 0 Å². The molecule has 0 saturated heterocycles. The molecule has 1 atom stereocenters. The molecule has 0 aromatic heterocycles. The van der Waals surface area contributed by atoms with Crippen LogP contribution in [0.1, 0.15) is 24.9 Å². The van der Waals surface area contributed by atoms with Crippen LogP contribution in [0.2, 0.25) is 0 Å². The van der Waals surface area contributed by atoms with Crippen molar-refractivity contribution in [3.63, 3.8) is 0 Å². The van der Waals surface area contributed by atoms with Crippen molar-refractivity contribution in [2.75, 3.05) is 14.2 Å². The largest absolute Gasteiger partial charge is 0.349 e. The Labute approximate surface area is 107 Å². The summed E-state index contributed by atoms with van der Waals surface area (Å²) in [5.74, 6) is -0.364. The molecule has 0 spiro atoms. The molecule has 1 aromatic rings. The highest BCUT2D eigenvalue weighted by molar-refractivity contribution is 5.78. The molecular formula is C13H18N2O3. The first-order valence-corrected chi connectivity index (χ1v) is 5.67. The third-order valence-corrected chi connectivity index (χ3v) is 2.58. The minimum atomic E-state index is -0.339. The van der Waals surface area contributed by atoms with Gasteiger partial charge in [0.25, 0.3) is 0 Å². The fraction of sp³-hybridized carbons (Fsp3) is 0.385. The number of hydrogen-bond donors (Lipinski definition) is 1. The molecule has 0 heterocycles. The van der Waals surface area contributed by atoms with Crippen molar-refractivity contribution in [3.8, 4) is 0 Å². The summed E-state index contributed by atoms with van der Waals surface area (Å²) in [5, 5.41) is 3.91. The highest BCUT2D eigenvalue weighted by Gasteiger charge is 2.19.